The van der Waals surface area contributed by atoms with E-state index < -0.39 is 0 Å². The second-order valence-corrected chi connectivity index (χ2v) is 6.64. The number of ether oxygens (including phenoxy) is 2. The van der Waals surface area contributed by atoms with E-state index in [2.05, 4.69) is 23.2 Å². The van der Waals surface area contributed by atoms with Gasteiger partial charge in [0.15, 0.2) is 11.5 Å². The Morgan fingerprint density at radius 1 is 1.27 bits per heavy atom. The molecule has 0 saturated carbocycles. The minimum absolute atomic E-state index is 0. The lowest BCUT2D eigenvalue weighted by atomic mass is 9.88. The number of nitrogens with zero attached hydrogens (tertiary/aromatic N) is 1. The average molecular weight is 327 g/mol. The van der Waals surface area contributed by atoms with E-state index in [9.17, 15) is 0 Å². The Bertz CT molecular complexity index is 516. The molecule has 1 fully saturated rings. The molecule has 0 aromatic heterocycles. The first-order chi connectivity index (χ1) is 10.1. The second-order valence-electron chi connectivity index (χ2n) is 6.64. The van der Waals surface area contributed by atoms with Gasteiger partial charge < -0.3 is 14.8 Å². The van der Waals surface area contributed by atoms with Gasteiger partial charge in [-0.25, -0.2) is 0 Å². The van der Waals surface area contributed by atoms with Gasteiger partial charge in [0.25, 0.3) is 0 Å². The van der Waals surface area contributed by atoms with E-state index in [0.29, 0.717) is 5.41 Å². The Balaban J connectivity index is 0.00000176. The van der Waals surface area contributed by atoms with E-state index in [1.54, 1.807) is 14.2 Å². The van der Waals surface area contributed by atoms with Crippen LogP contribution in [0.3, 0.4) is 0 Å². The summed E-state index contributed by atoms with van der Waals surface area (Å²) in [5.41, 5.74) is 3.13. The second kappa shape index (κ2) is 7.07. The van der Waals surface area contributed by atoms with Crippen LogP contribution in [0.25, 0.3) is 0 Å². The van der Waals surface area contributed by atoms with Crippen LogP contribution < -0.4 is 14.8 Å². The van der Waals surface area contributed by atoms with Gasteiger partial charge in [0.05, 0.1) is 14.2 Å². The Hall–Kier alpha value is -0.970. The van der Waals surface area contributed by atoms with Gasteiger partial charge in [-0.1, -0.05) is 13.0 Å². The molecule has 1 aromatic carbocycles. The molecule has 2 aliphatic heterocycles. The molecule has 1 atom stereocenters. The van der Waals surface area contributed by atoms with Crippen molar-refractivity contribution in [1.82, 2.24) is 10.2 Å². The molecule has 0 aliphatic carbocycles. The van der Waals surface area contributed by atoms with Crippen LogP contribution in [0.4, 0.5) is 0 Å². The maximum Gasteiger partial charge on any atom is 0.164 e. The highest BCUT2D eigenvalue weighted by molar-refractivity contribution is 5.85. The van der Waals surface area contributed by atoms with E-state index in [0.717, 1.165) is 44.1 Å². The van der Waals surface area contributed by atoms with Crippen LogP contribution >= 0.6 is 12.4 Å². The number of nitrogens with one attached hydrogen (secondary N) is 1. The Kier molecular flexibility index (Phi) is 5.59. The molecule has 0 radical (unpaired) electrons. The zero-order valence-corrected chi connectivity index (χ0v) is 14.6. The van der Waals surface area contributed by atoms with Crippen LogP contribution in [0, 0.1) is 5.41 Å². The molecule has 2 aliphatic rings. The number of rotatable bonds is 4. The summed E-state index contributed by atoms with van der Waals surface area (Å²) in [5, 5.41) is 3.49. The third kappa shape index (κ3) is 3.34. The van der Waals surface area contributed by atoms with Crippen LogP contribution in [0.1, 0.15) is 24.5 Å². The van der Waals surface area contributed by atoms with E-state index in [4.69, 9.17) is 9.47 Å². The minimum Gasteiger partial charge on any atom is -0.493 e. The van der Waals surface area contributed by atoms with Crippen molar-refractivity contribution in [3.05, 3.63) is 23.3 Å². The van der Waals surface area contributed by atoms with Gasteiger partial charge in [0.2, 0.25) is 0 Å². The van der Waals surface area contributed by atoms with Gasteiger partial charge in [-0.05, 0) is 36.4 Å². The highest BCUT2D eigenvalue weighted by Gasteiger charge is 2.32. The number of hydrogen-bond acceptors (Lipinski definition) is 4. The van der Waals surface area contributed by atoms with Gasteiger partial charge in [0.1, 0.15) is 0 Å². The summed E-state index contributed by atoms with van der Waals surface area (Å²) >= 11 is 0. The fraction of sp³-hybridized carbons (Fsp3) is 0.647. The van der Waals surface area contributed by atoms with Crippen molar-refractivity contribution >= 4 is 12.4 Å². The minimum atomic E-state index is 0. The normalized spacial score (nSPS) is 24.5. The Labute approximate surface area is 139 Å². The van der Waals surface area contributed by atoms with E-state index in [-0.39, 0.29) is 12.4 Å². The quantitative estimate of drug-likeness (QED) is 0.921. The highest BCUT2D eigenvalue weighted by Crippen LogP contribution is 2.37. The Morgan fingerprint density at radius 3 is 2.73 bits per heavy atom. The predicted molar refractivity (Wildman–Crippen MR) is 91.4 cm³/mol. The SMILES string of the molecule is COc1ccc2c(c1OC)CCN(CC1(C)CCNC1)C2.Cl. The average Bonchev–Trinajstić information content (AvgIpc) is 2.92. The standard InChI is InChI=1S/C17H26N2O2.ClH/c1-17(7-8-18-11-17)12-19-9-6-14-13(10-19)4-5-15(20-2)16(14)21-3;/h4-5,18H,6-12H2,1-3H3;1H. The fourth-order valence-corrected chi connectivity index (χ4v) is 3.72. The molecule has 1 N–H and O–H groups in total. The number of methoxy groups -OCH3 is 2. The summed E-state index contributed by atoms with van der Waals surface area (Å²) in [6, 6.07) is 4.22. The van der Waals surface area contributed by atoms with Crippen molar-refractivity contribution in [2.75, 3.05) is 40.4 Å². The van der Waals surface area contributed by atoms with Crippen molar-refractivity contribution in [2.24, 2.45) is 5.41 Å². The molecule has 1 unspecified atom stereocenters. The summed E-state index contributed by atoms with van der Waals surface area (Å²) in [6.45, 7) is 8.00. The summed E-state index contributed by atoms with van der Waals surface area (Å²) in [5.74, 6) is 1.76. The van der Waals surface area contributed by atoms with Crippen LogP contribution in [-0.2, 0) is 13.0 Å². The maximum atomic E-state index is 5.57. The lowest BCUT2D eigenvalue weighted by molar-refractivity contribution is 0.163. The number of halogens is 1. The van der Waals surface area contributed by atoms with Crippen molar-refractivity contribution in [3.8, 4) is 11.5 Å². The highest BCUT2D eigenvalue weighted by atomic mass is 35.5. The lowest BCUT2D eigenvalue weighted by Gasteiger charge is -2.35. The van der Waals surface area contributed by atoms with Gasteiger partial charge in [0, 0.05) is 31.7 Å². The zero-order valence-electron chi connectivity index (χ0n) is 13.8. The van der Waals surface area contributed by atoms with Crippen molar-refractivity contribution in [2.45, 2.75) is 26.3 Å². The number of hydrogen-bond donors (Lipinski definition) is 1. The molecule has 3 rings (SSSR count). The molecule has 4 nitrogen and oxygen atoms in total. The monoisotopic (exact) mass is 326 g/mol. The lowest BCUT2D eigenvalue weighted by Crippen LogP contribution is -2.40. The first-order valence-electron chi connectivity index (χ1n) is 7.81. The van der Waals surface area contributed by atoms with Crippen LogP contribution in [0.2, 0.25) is 0 Å². The summed E-state index contributed by atoms with van der Waals surface area (Å²) in [4.78, 5) is 2.58. The molecular formula is C17H27ClN2O2. The van der Waals surface area contributed by atoms with Crippen molar-refractivity contribution in [1.29, 1.82) is 0 Å². The number of fused-ring (bicyclic) bond motifs is 1. The van der Waals surface area contributed by atoms with Gasteiger partial charge >= 0.3 is 0 Å². The maximum absolute atomic E-state index is 5.57. The van der Waals surface area contributed by atoms with E-state index in [1.807, 2.05) is 6.07 Å². The fourth-order valence-electron chi connectivity index (χ4n) is 3.72. The molecule has 124 valence electrons. The predicted octanol–water partition coefficient (Wildman–Crippen LogP) is 2.48. The molecule has 0 spiro atoms. The largest absolute Gasteiger partial charge is 0.493 e. The van der Waals surface area contributed by atoms with E-state index in [1.165, 1.54) is 24.1 Å². The third-order valence-corrected chi connectivity index (χ3v) is 4.88. The molecule has 2 heterocycles. The first kappa shape index (κ1) is 17.4. The first-order valence-corrected chi connectivity index (χ1v) is 7.81. The third-order valence-electron chi connectivity index (χ3n) is 4.88. The van der Waals surface area contributed by atoms with Crippen LogP contribution in [-0.4, -0.2) is 45.3 Å². The molecule has 22 heavy (non-hydrogen) atoms. The van der Waals surface area contributed by atoms with Gasteiger partial charge in [-0.3, -0.25) is 4.90 Å². The summed E-state index contributed by atoms with van der Waals surface area (Å²) in [7, 11) is 3.43. The molecule has 0 amide bonds. The van der Waals surface area contributed by atoms with Crippen LogP contribution in [0.15, 0.2) is 12.1 Å². The smallest absolute Gasteiger partial charge is 0.164 e. The summed E-state index contributed by atoms with van der Waals surface area (Å²) in [6.07, 6.45) is 2.32. The van der Waals surface area contributed by atoms with Gasteiger partial charge in [-0.15, -0.1) is 12.4 Å². The summed E-state index contributed by atoms with van der Waals surface area (Å²) < 4.78 is 11.0. The van der Waals surface area contributed by atoms with Crippen LogP contribution in [0.5, 0.6) is 11.5 Å². The molecule has 0 bridgehead atoms. The van der Waals surface area contributed by atoms with Crippen molar-refractivity contribution < 1.29 is 9.47 Å². The zero-order chi connectivity index (χ0) is 14.9. The number of benzene rings is 1. The molecule has 1 saturated heterocycles. The van der Waals surface area contributed by atoms with E-state index >= 15 is 0 Å². The van der Waals surface area contributed by atoms with Crippen molar-refractivity contribution in [3.63, 3.8) is 0 Å². The Morgan fingerprint density at radius 2 is 2.09 bits per heavy atom. The topological polar surface area (TPSA) is 33.7 Å². The molecule has 1 aromatic rings. The molecule has 5 heteroatoms. The molecular weight excluding hydrogens is 300 g/mol. The van der Waals surface area contributed by atoms with Gasteiger partial charge in [-0.2, -0.15) is 0 Å².